The molecule has 108 valence electrons. The number of nitrogens with zero attached hydrogens (tertiary/aromatic N) is 1. The van der Waals surface area contributed by atoms with Crippen molar-refractivity contribution >= 4 is 0 Å². The van der Waals surface area contributed by atoms with Gasteiger partial charge >= 0.3 is 0 Å². The van der Waals surface area contributed by atoms with Crippen molar-refractivity contribution in [2.75, 3.05) is 13.6 Å². The molecule has 0 spiro atoms. The van der Waals surface area contributed by atoms with Gasteiger partial charge in [-0.25, -0.2) is 0 Å². The Kier molecular flexibility index (Phi) is 5.67. The summed E-state index contributed by atoms with van der Waals surface area (Å²) in [6, 6.07) is 2.02. The van der Waals surface area contributed by atoms with Crippen molar-refractivity contribution in [2.24, 2.45) is 11.3 Å². The van der Waals surface area contributed by atoms with Gasteiger partial charge in [0.1, 0.15) is 0 Å². The van der Waals surface area contributed by atoms with Crippen molar-refractivity contribution in [1.29, 1.82) is 0 Å². The topological polar surface area (TPSA) is 15.3 Å². The van der Waals surface area contributed by atoms with Crippen LogP contribution in [0.5, 0.6) is 0 Å². The number of hydrogen-bond donors (Lipinski definition) is 1. The largest absolute Gasteiger partial charge is 0.313 e. The van der Waals surface area contributed by atoms with Gasteiger partial charge in [-0.2, -0.15) is 0 Å². The van der Waals surface area contributed by atoms with Crippen LogP contribution in [-0.2, 0) is 0 Å². The monoisotopic (exact) mass is 254 g/mol. The summed E-state index contributed by atoms with van der Waals surface area (Å²) in [5.74, 6) is 0.724. The highest BCUT2D eigenvalue weighted by atomic mass is 15.2. The average Bonchev–Trinajstić information content (AvgIpc) is 2.29. The van der Waals surface area contributed by atoms with E-state index in [1.165, 1.54) is 19.3 Å². The molecule has 2 heteroatoms. The van der Waals surface area contributed by atoms with E-state index in [9.17, 15) is 0 Å². The Balaban J connectivity index is 2.77. The first kappa shape index (κ1) is 16.0. The SMILES string of the molecule is CCNC1CCC(C)(C)CC1N(C)C(C)C(C)C. The molecule has 0 aromatic rings. The Morgan fingerprint density at radius 2 is 1.89 bits per heavy atom. The molecule has 1 aliphatic carbocycles. The lowest BCUT2D eigenvalue weighted by atomic mass is 9.72. The third kappa shape index (κ3) is 3.96. The first-order valence-electron chi connectivity index (χ1n) is 7.74. The van der Waals surface area contributed by atoms with Gasteiger partial charge in [0.15, 0.2) is 0 Å². The van der Waals surface area contributed by atoms with E-state index in [1.807, 2.05) is 0 Å². The van der Waals surface area contributed by atoms with Crippen molar-refractivity contribution < 1.29 is 0 Å². The number of hydrogen-bond acceptors (Lipinski definition) is 2. The van der Waals surface area contributed by atoms with Gasteiger partial charge in [-0.3, -0.25) is 4.90 Å². The normalized spacial score (nSPS) is 29.8. The quantitative estimate of drug-likeness (QED) is 0.807. The summed E-state index contributed by atoms with van der Waals surface area (Å²) in [4.78, 5) is 2.62. The highest BCUT2D eigenvalue weighted by Crippen LogP contribution is 2.38. The Morgan fingerprint density at radius 1 is 1.28 bits per heavy atom. The second-order valence-electron chi connectivity index (χ2n) is 7.29. The van der Waals surface area contributed by atoms with Gasteiger partial charge in [0.2, 0.25) is 0 Å². The van der Waals surface area contributed by atoms with Crippen LogP contribution in [0.4, 0.5) is 0 Å². The summed E-state index contributed by atoms with van der Waals surface area (Å²) in [5, 5.41) is 3.71. The minimum atomic E-state index is 0.502. The number of nitrogens with one attached hydrogen (secondary N) is 1. The number of rotatable bonds is 5. The summed E-state index contributed by atoms with van der Waals surface area (Å²) in [7, 11) is 2.32. The smallest absolute Gasteiger partial charge is 0.0254 e. The summed E-state index contributed by atoms with van der Waals surface area (Å²) in [5.41, 5.74) is 0.502. The zero-order valence-corrected chi connectivity index (χ0v) is 13.6. The molecule has 0 aromatic carbocycles. The molecule has 0 saturated heterocycles. The maximum atomic E-state index is 3.71. The van der Waals surface area contributed by atoms with E-state index in [0.29, 0.717) is 23.5 Å². The molecule has 0 aromatic heterocycles. The van der Waals surface area contributed by atoms with Gasteiger partial charge < -0.3 is 5.32 Å². The van der Waals surface area contributed by atoms with E-state index in [-0.39, 0.29) is 0 Å². The van der Waals surface area contributed by atoms with Gasteiger partial charge in [-0.05, 0) is 51.1 Å². The second-order valence-corrected chi connectivity index (χ2v) is 7.29. The molecule has 1 saturated carbocycles. The maximum Gasteiger partial charge on any atom is 0.0254 e. The van der Waals surface area contributed by atoms with Crippen LogP contribution in [0.25, 0.3) is 0 Å². The predicted octanol–water partition coefficient (Wildman–Crippen LogP) is 3.52. The summed E-state index contributed by atoms with van der Waals surface area (Å²) >= 11 is 0. The fraction of sp³-hybridized carbons (Fsp3) is 1.00. The minimum absolute atomic E-state index is 0.502. The van der Waals surface area contributed by atoms with Gasteiger partial charge in [0.05, 0.1) is 0 Å². The molecular formula is C16H34N2. The average molecular weight is 254 g/mol. The van der Waals surface area contributed by atoms with Crippen molar-refractivity contribution in [3.05, 3.63) is 0 Å². The van der Waals surface area contributed by atoms with Crippen molar-refractivity contribution in [3.63, 3.8) is 0 Å². The predicted molar refractivity (Wildman–Crippen MR) is 80.9 cm³/mol. The lowest BCUT2D eigenvalue weighted by Crippen LogP contribution is -2.56. The Hall–Kier alpha value is -0.0800. The molecule has 0 aliphatic heterocycles. The van der Waals surface area contributed by atoms with Crippen LogP contribution in [0.15, 0.2) is 0 Å². The third-order valence-corrected chi connectivity index (χ3v) is 4.95. The van der Waals surface area contributed by atoms with Crippen molar-refractivity contribution in [1.82, 2.24) is 10.2 Å². The summed E-state index contributed by atoms with van der Waals surface area (Å²) < 4.78 is 0. The van der Waals surface area contributed by atoms with Crippen LogP contribution in [0.3, 0.4) is 0 Å². The molecule has 18 heavy (non-hydrogen) atoms. The lowest BCUT2D eigenvalue weighted by Gasteiger charge is -2.47. The second kappa shape index (κ2) is 6.38. The standard InChI is InChI=1S/C16H34N2/c1-8-17-14-9-10-16(5,6)11-15(14)18(7)13(4)12(2)3/h12-15,17H,8-11H2,1-7H3. The van der Waals surface area contributed by atoms with Gasteiger partial charge in [-0.15, -0.1) is 0 Å². The highest BCUT2D eigenvalue weighted by Gasteiger charge is 2.37. The van der Waals surface area contributed by atoms with Crippen LogP contribution < -0.4 is 5.32 Å². The maximum absolute atomic E-state index is 3.71. The number of likely N-dealkylation sites (N-methyl/N-ethyl adjacent to an activating group) is 2. The molecular weight excluding hydrogens is 220 g/mol. The van der Waals surface area contributed by atoms with E-state index < -0.39 is 0 Å². The summed E-state index contributed by atoms with van der Waals surface area (Å²) in [6.07, 6.45) is 3.99. The fourth-order valence-corrected chi connectivity index (χ4v) is 3.25. The van der Waals surface area contributed by atoms with Gasteiger partial charge in [-0.1, -0.05) is 34.6 Å². The molecule has 1 N–H and O–H groups in total. The van der Waals surface area contributed by atoms with Gasteiger partial charge in [0.25, 0.3) is 0 Å². The Bertz CT molecular complexity index is 247. The van der Waals surface area contributed by atoms with E-state index >= 15 is 0 Å². The zero-order chi connectivity index (χ0) is 13.9. The molecule has 1 fully saturated rings. The fourth-order valence-electron chi connectivity index (χ4n) is 3.25. The van der Waals surface area contributed by atoms with Crippen LogP contribution >= 0.6 is 0 Å². The summed E-state index contributed by atoms with van der Waals surface area (Å²) in [6.45, 7) is 15.2. The Morgan fingerprint density at radius 3 is 2.39 bits per heavy atom. The van der Waals surface area contributed by atoms with Crippen LogP contribution in [0.1, 0.15) is 60.8 Å². The van der Waals surface area contributed by atoms with E-state index in [0.717, 1.165) is 12.5 Å². The molecule has 3 unspecified atom stereocenters. The van der Waals surface area contributed by atoms with E-state index in [1.54, 1.807) is 0 Å². The molecule has 1 aliphatic rings. The molecule has 0 amide bonds. The minimum Gasteiger partial charge on any atom is -0.313 e. The zero-order valence-electron chi connectivity index (χ0n) is 13.6. The lowest BCUT2D eigenvalue weighted by molar-refractivity contribution is 0.0470. The molecule has 0 radical (unpaired) electrons. The third-order valence-electron chi connectivity index (χ3n) is 4.95. The first-order valence-corrected chi connectivity index (χ1v) is 7.74. The van der Waals surface area contributed by atoms with E-state index in [4.69, 9.17) is 0 Å². The van der Waals surface area contributed by atoms with Crippen molar-refractivity contribution in [2.45, 2.75) is 78.9 Å². The van der Waals surface area contributed by atoms with E-state index in [2.05, 4.69) is 58.8 Å². The molecule has 2 nitrogen and oxygen atoms in total. The molecule has 0 bridgehead atoms. The highest BCUT2D eigenvalue weighted by molar-refractivity contribution is 4.95. The molecule has 0 heterocycles. The first-order chi connectivity index (χ1) is 8.28. The van der Waals surface area contributed by atoms with Gasteiger partial charge in [0, 0.05) is 18.1 Å². The Labute approximate surface area is 115 Å². The van der Waals surface area contributed by atoms with Crippen LogP contribution in [0.2, 0.25) is 0 Å². The van der Waals surface area contributed by atoms with Crippen LogP contribution in [-0.4, -0.2) is 36.6 Å². The molecule has 1 rings (SSSR count). The molecule has 3 atom stereocenters. The van der Waals surface area contributed by atoms with Crippen molar-refractivity contribution in [3.8, 4) is 0 Å². The van der Waals surface area contributed by atoms with Crippen LogP contribution in [0, 0.1) is 11.3 Å².